The molecule has 0 fully saturated rings. The second kappa shape index (κ2) is 5.75. The molecule has 21 heavy (non-hydrogen) atoms. The van der Waals surface area contributed by atoms with Crippen LogP contribution in [0.5, 0.6) is 0 Å². The topological polar surface area (TPSA) is 53.6 Å². The minimum atomic E-state index is -0.202. The fraction of sp³-hybridized carbons (Fsp3) is 0.125. The van der Waals surface area contributed by atoms with Gasteiger partial charge in [-0.15, -0.1) is 0 Å². The largest absolute Gasteiger partial charge is 0.379 e. The highest BCUT2D eigenvalue weighted by Crippen LogP contribution is 2.20. The number of aromatic nitrogens is 3. The summed E-state index contributed by atoms with van der Waals surface area (Å²) in [6.45, 7) is 2.26. The van der Waals surface area contributed by atoms with E-state index in [4.69, 9.17) is 0 Å². The fourth-order valence-electron chi connectivity index (χ4n) is 2.14. The van der Waals surface area contributed by atoms with Crippen LogP contribution in [-0.4, -0.2) is 15.4 Å². The fourth-order valence-corrected chi connectivity index (χ4v) is 2.14. The van der Waals surface area contributed by atoms with Gasteiger partial charge in [-0.2, -0.15) is 15.4 Å². The van der Waals surface area contributed by atoms with E-state index in [1.807, 2.05) is 30.3 Å². The van der Waals surface area contributed by atoms with Crippen LogP contribution in [0.2, 0.25) is 0 Å². The molecule has 0 spiro atoms. The van der Waals surface area contributed by atoms with Gasteiger partial charge in [0.2, 0.25) is 0 Å². The molecule has 1 heterocycles. The summed E-state index contributed by atoms with van der Waals surface area (Å²) >= 11 is 0. The number of H-pyrrole nitrogens is 1. The summed E-state index contributed by atoms with van der Waals surface area (Å²) in [6, 6.07) is 14.8. The Balaban J connectivity index is 1.77. The van der Waals surface area contributed by atoms with E-state index in [1.54, 1.807) is 19.1 Å². The van der Waals surface area contributed by atoms with E-state index in [-0.39, 0.29) is 5.82 Å². The number of aryl methyl sites for hydroxylation is 1. The lowest BCUT2D eigenvalue weighted by Gasteiger charge is -2.07. The van der Waals surface area contributed by atoms with Crippen molar-refractivity contribution in [1.29, 1.82) is 0 Å². The predicted molar refractivity (Wildman–Crippen MR) is 80.3 cm³/mol. The van der Waals surface area contributed by atoms with Crippen molar-refractivity contribution in [1.82, 2.24) is 15.4 Å². The van der Waals surface area contributed by atoms with Gasteiger partial charge in [0, 0.05) is 11.3 Å². The number of aromatic amines is 1. The maximum absolute atomic E-state index is 13.2. The number of hydrogen-bond acceptors (Lipinski definition) is 3. The molecule has 0 aliphatic rings. The molecule has 2 aromatic carbocycles. The van der Waals surface area contributed by atoms with Gasteiger partial charge in [-0.25, -0.2) is 4.39 Å². The van der Waals surface area contributed by atoms with E-state index >= 15 is 0 Å². The van der Waals surface area contributed by atoms with Crippen LogP contribution in [0, 0.1) is 12.7 Å². The lowest BCUT2D eigenvalue weighted by Crippen LogP contribution is -2.02. The van der Waals surface area contributed by atoms with Crippen molar-refractivity contribution in [3.05, 3.63) is 65.6 Å². The Morgan fingerprint density at radius 3 is 2.67 bits per heavy atom. The van der Waals surface area contributed by atoms with Crippen molar-refractivity contribution in [2.24, 2.45) is 0 Å². The molecule has 5 heteroatoms. The average Bonchev–Trinajstić information content (AvgIpc) is 2.98. The molecule has 0 amide bonds. The Hall–Kier alpha value is -2.69. The monoisotopic (exact) mass is 282 g/mol. The van der Waals surface area contributed by atoms with Crippen molar-refractivity contribution in [2.45, 2.75) is 13.5 Å². The molecule has 0 atom stereocenters. The van der Waals surface area contributed by atoms with E-state index in [9.17, 15) is 4.39 Å². The number of nitrogens with one attached hydrogen (secondary N) is 2. The molecule has 106 valence electrons. The molecule has 0 unspecified atom stereocenters. The number of benzene rings is 2. The van der Waals surface area contributed by atoms with E-state index in [0.717, 1.165) is 22.6 Å². The molecular weight excluding hydrogens is 267 g/mol. The highest BCUT2D eigenvalue weighted by Gasteiger charge is 2.09. The second-order valence-electron chi connectivity index (χ2n) is 4.80. The third kappa shape index (κ3) is 2.91. The van der Waals surface area contributed by atoms with Crippen LogP contribution in [-0.2, 0) is 6.54 Å². The van der Waals surface area contributed by atoms with Crippen molar-refractivity contribution in [3.8, 4) is 11.3 Å². The van der Waals surface area contributed by atoms with Gasteiger partial charge < -0.3 is 5.32 Å². The summed E-state index contributed by atoms with van der Waals surface area (Å²) in [4.78, 5) is 0. The minimum absolute atomic E-state index is 0.202. The van der Waals surface area contributed by atoms with E-state index < -0.39 is 0 Å². The molecule has 3 aromatic rings. The number of hydrogen-bond donors (Lipinski definition) is 2. The summed E-state index contributed by atoms with van der Waals surface area (Å²) in [5.41, 5.74) is 4.13. The van der Waals surface area contributed by atoms with Crippen molar-refractivity contribution in [3.63, 3.8) is 0 Å². The molecule has 0 bridgehead atoms. The van der Waals surface area contributed by atoms with Crippen LogP contribution in [0.3, 0.4) is 0 Å². The molecule has 4 nitrogen and oxygen atoms in total. The van der Waals surface area contributed by atoms with Crippen LogP contribution in [0.4, 0.5) is 10.1 Å². The quantitative estimate of drug-likeness (QED) is 0.769. The SMILES string of the molecule is Cc1cc(NCc2n[nH]nc2-c2ccccc2)ccc1F. The Bertz CT molecular complexity index is 737. The normalized spacial score (nSPS) is 10.6. The number of nitrogens with zero attached hydrogens (tertiary/aromatic N) is 2. The average molecular weight is 282 g/mol. The van der Waals surface area contributed by atoms with Gasteiger partial charge in [0.1, 0.15) is 17.2 Å². The summed E-state index contributed by atoms with van der Waals surface area (Å²) in [6.07, 6.45) is 0. The lowest BCUT2D eigenvalue weighted by atomic mass is 10.1. The zero-order valence-corrected chi connectivity index (χ0v) is 11.6. The standard InChI is InChI=1S/C16H15FN4/c1-11-9-13(7-8-14(11)17)18-10-15-16(20-21-19-15)12-5-3-2-4-6-12/h2-9,18H,10H2,1H3,(H,19,20,21). The molecule has 0 saturated heterocycles. The van der Waals surface area contributed by atoms with E-state index in [0.29, 0.717) is 12.1 Å². The van der Waals surface area contributed by atoms with Gasteiger partial charge in [-0.05, 0) is 30.7 Å². The summed E-state index contributed by atoms with van der Waals surface area (Å²) in [5, 5.41) is 14.3. The van der Waals surface area contributed by atoms with Crippen LogP contribution in [0.1, 0.15) is 11.3 Å². The zero-order valence-electron chi connectivity index (χ0n) is 11.6. The summed E-state index contributed by atoms with van der Waals surface area (Å²) in [5.74, 6) is -0.202. The molecule has 0 radical (unpaired) electrons. The second-order valence-corrected chi connectivity index (χ2v) is 4.80. The molecule has 0 aliphatic carbocycles. The number of halogens is 1. The first-order valence-electron chi connectivity index (χ1n) is 6.69. The summed E-state index contributed by atoms with van der Waals surface area (Å²) in [7, 11) is 0. The maximum atomic E-state index is 13.2. The first-order valence-corrected chi connectivity index (χ1v) is 6.69. The Morgan fingerprint density at radius 1 is 1.10 bits per heavy atom. The van der Waals surface area contributed by atoms with Gasteiger partial charge in [-0.1, -0.05) is 30.3 Å². The van der Waals surface area contributed by atoms with Crippen LogP contribution < -0.4 is 5.32 Å². The Morgan fingerprint density at radius 2 is 1.90 bits per heavy atom. The van der Waals surface area contributed by atoms with Gasteiger partial charge in [-0.3, -0.25) is 0 Å². The van der Waals surface area contributed by atoms with Gasteiger partial charge in [0.25, 0.3) is 0 Å². The van der Waals surface area contributed by atoms with Crippen molar-refractivity contribution in [2.75, 3.05) is 5.32 Å². The molecular formula is C16H15FN4. The molecule has 0 aliphatic heterocycles. The molecule has 0 saturated carbocycles. The van der Waals surface area contributed by atoms with Crippen LogP contribution in [0.15, 0.2) is 48.5 Å². The van der Waals surface area contributed by atoms with E-state index in [1.165, 1.54) is 6.07 Å². The van der Waals surface area contributed by atoms with Crippen molar-refractivity contribution >= 4 is 5.69 Å². The first kappa shape index (κ1) is 13.3. The number of anilines is 1. The number of rotatable bonds is 4. The smallest absolute Gasteiger partial charge is 0.126 e. The first-order chi connectivity index (χ1) is 10.2. The minimum Gasteiger partial charge on any atom is -0.379 e. The van der Waals surface area contributed by atoms with Gasteiger partial charge in [0.15, 0.2) is 0 Å². The van der Waals surface area contributed by atoms with Gasteiger partial charge in [0.05, 0.1) is 6.54 Å². The third-order valence-corrected chi connectivity index (χ3v) is 3.29. The predicted octanol–water partition coefficient (Wildman–Crippen LogP) is 3.53. The van der Waals surface area contributed by atoms with Crippen molar-refractivity contribution < 1.29 is 4.39 Å². The molecule has 3 rings (SSSR count). The lowest BCUT2D eigenvalue weighted by molar-refractivity contribution is 0.618. The zero-order chi connectivity index (χ0) is 14.7. The van der Waals surface area contributed by atoms with E-state index in [2.05, 4.69) is 20.7 Å². The molecule has 1 aromatic heterocycles. The summed E-state index contributed by atoms with van der Waals surface area (Å²) < 4.78 is 13.2. The Labute approximate surface area is 122 Å². The highest BCUT2D eigenvalue weighted by atomic mass is 19.1. The van der Waals surface area contributed by atoms with Crippen LogP contribution >= 0.6 is 0 Å². The molecule has 2 N–H and O–H groups in total. The highest BCUT2D eigenvalue weighted by molar-refractivity contribution is 5.61. The third-order valence-electron chi connectivity index (χ3n) is 3.29. The van der Waals surface area contributed by atoms with Crippen LogP contribution in [0.25, 0.3) is 11.3 Å². The maximum Gasteiger partial charge on any atom is 0.126 e. The Kier molecular flexibility index (Phi) is 3.64. The van der Waals surface area contributed by atoms with Gasteiger partial charge >= 0.3 is 0 Å².